The molecule has 0 saturated carbocycles. The maximum atomic E-state index is 13.4. The Balaban J connectivity index is 2.61. The molecule has 1 heterocycles. The van der Waals surface area contributed by atoms with Crippen LogP contribution in [0.2, 0.25) is 0 Å². The number of halogens is 1. The zero-order valence-corrected chi connectivity index (χ0v) is 10.6. The van der Waals surface area contributed by atoms with Crippen molar-refractivity contribution >= 4 is 5.78 Å². The maximum absolute atomic E-state index is 13.4. The third-order valence-electron chi connectivity index (χ3n) is 3.09. The van der Waals surface area contributed by atoms with Crippen molar-refractivity contribution in [3.8, 4) is 0 Å². The summed E-state index contributed by atoms with van der Waals surface area (Å²) in [6.45, 7) is 4.22. The van der Waals surface area contributed by atoms with Gasteiger partial charge >= 0.3 is 0 Å². The summed E-state index contributed by atoms with van der Waals surface area (Å²) in [6, 6.07) is 1.46. The van der Waals surface area contributed by atoms with Crippen molar-refractivity contribution in [2.45, 2.75) is 46.0 Å². The molecule has 1 rings (SSSR count). The number of hydrogen-bond donors (Lipinski definition) is 0. The fraction of sp³-hybridized carbons (Fsp3) is 0.571. The van der Waals surface area contributed by atoms with Gasteiger partial charge in [-0.3, -0.25) is 9.78 Å². The Kier molecular flexibility index (Phi) is 5.81. The van der Waals surface area contributed by atoms with E-state index in [1.165, 1.54) is 12.3 Å². The van der Waals surface area contributed by atoms with Crippen molar-refractivity contribution in [3.05, 3.63) is 29.8 Å². The van der Waals surface area contributed by atoms with Gasteiger partial charge < -0.3 is 0 Å². The predicted molar refractivity (Wildman–Crippen MR) is 66.4 cm³/mol. The largest absolute Gasteiger partial charge is 0.294 e. The van der Waals surface area contributed by atoms with E-state index < -0.39 is 5.82 Å². The normalized spacial score (nSPS) is 12.4. The number of rotatable bonds is 7. The van der Waals surface area contributed by atoms with Crippen LogP contribution in [-0.4, -0.2) is 10.8 Å². The molecule has 0 aliphatic carbocycles. The average molecular weight is 237 g/mol. The number of carbonyl (C=O) groups excluding carboxylic acids is 1. The molecule has 0 amide bonds. The molecule has 3 heteroatoms. The molecule has 0 bridgehead atoms. The van der Waals surface area contributed by atoms with E-state index in [1.807, 2.05) is 0 Å². The van der Waals surface area contributed by atoms with E-state index in [0.717, 1.165) is 31.9 Å². The SMILES string of the molecule is CCCCC(CC)CC(=O)c1ccncc1F. The summed E-state index contributed by atoms with van der Waals surface area (Å²) in [6.07, 6.45) is 7.28. The Hall–Kier alpha value is -1.25. The molecule has 0 fully saturated rings. The van der Waals surface area contributed by atoms with Gasteiger partial charge in [0.2, 0.25) is 0 Å². The Morgan fingerprint density at radius 2 is 2.24 bits per heavy atom. The van der Waals surface area contributed by atoms with Crippen molar-refractivity contribution in [1.82, 2.24) is 4.98 Å². The minimum atomic E-state index is -0.511. The first-order chi connectivity index (χ1) is 8.19. The number of hydrogen-bond acceptors (Lipinski definition) is 2. The van der Waals surface area contributed by atoms with Crippen molar-refractivity contribution in [3.63, 3.8) is 0 Å². The van der Waals surface area contributed by atoms with E-state index in [9.17, 15) is 9.18 Å². The second kappa shape index (κ2) is 7.15. The highest BCUT2D eigenvalue weighted by Gasteiger charge is 2.16. The number of Topliss-reactive ketones (excluding diaryl/α,β-unsaturated/α-hetero) is 1. The lowest BCUT2D eigenvalue weighted by atomic mass is 9.92. The molecule has 0 aromatic carbocycles. The van der Waals surface area contributed by atoms with E-state index >= 15 is 0 Å². The lowest BCUT2D eigenvalue weighted by Crippen LogP contribution is -2.10. The number of aromatic nitrogens is 1. The van der Waals surface area contributed by atoms with Crippen LogP contribution in [0.3, 0.4) is 0 Å². The number of nitrogens with zero attached hydrogens (tertiary/aromatic N) is 1. The highest BCUT2D eigenvalue weighted by molar-refractivity contribution is 5.96. The van der Waals surface area contributed by atoms with E-state index in [0.29, 0.717) is 12.3 Å². The summed E-state index contributed by atoms with van der Waals surface area (Å²) >= 11 is 0. The minimum Gasteiger partial charge on any atom is -0.294 e. The molecular formula is C14H20FNO. The summed E-state index contributed by atoms with van der Waals surface area (Å²) in [7, 11) is 0. The van der Waals surface area contributed by atoms with Gasteiger partial charge in [-0.2, -0.15) is 0 Å². The maximum Gasteiger partial charge on any atom is 0.166 e. The molecule has 1 unspecified atom stereocenters. The molecule has 1 atom stereocenters. The molecule has 1 aromatic rings. The topological polar surface area (TPSA) is 30.0 Å². The monoisotopic (exact) mass is 237 g/mol. The van der Waals surface area contributed by atoms with Crippen molar-refractivity contribution in [2.24, 2.45) is 5.92 Å². The third kappa shape index (κ3) is 4.25. The second-order valence-corrected chi connectivity index (χ2v) is 4.40. The van der Waals surface area contributed by atoms with Crippen LogP contribution in [0.15, 0.2) is 18.5 Å². The van der Waals surface area contributed by atoms with E-state index in [-0.39, 0.29) is 11.3 Å². The zero-order valence-electron chi connectivity index (χ0n) is 10.6. The summed E-state index contributed by atoms with van der Waals surface area (Å²) < 4.78 is 13.4. The first-order valence-corrected chi connectivity index (χ1v) is 6.31. The standard InChI is InChI=1S/C14H20FNO/c1-3-5-6-11(4-2)9-14(17)12-7-8-16-10-13(12)15/h7-8,10-11H,3-6,9H2,1-2H3. The number of ketones is 1. The fourth-order valence-electron chi connectivity index (χ4n) is 1.92. The van der Waals surface area contributed by atoms with Crippen LogP contribution in [0.25, 0.3) is 0 Å². The van der Waals surface area contributed by atoms with Gasteiger partial charge in [0.05, 0.1) is 11.8 Å². The first-order valence-electron chi connectivity index (χ1n) is 6.31. The molecular weight excluding hydrogens is 217 g/mol. The number of pyridine rings is 1. The molecule has 0 saturated heterocycles. The molecule has 0 N–H and O–H groups in total. The predicted octanol–water partition coefficient (Wildman–Crippen LogP) is 4.01. The van der Waals surface area contributed by atoms with Gasteiger partial charge in [-0.1, -0.05) is 39.5 Å². The molecule has 0 aliphatic rings. The fourth-order valence-corrected chi connectivity index (χ4v) is 1.92. The van der Waals surface area contributed by atoms with Crippen LogP contribution in [0.1, 0.15) is 56.3 Å². The molecule has 0 aliphatic heterocycles. The van der Waals surface area contributed by atoms with Crippen LogP contribution in [0, 0.1) is 11.7 Å². The average Bonchev–Trinajstić information content (AvgIpc) is 2.34. The van der Waals surface area contributed by atoms with Gasteiger partial charge in [-0.05, 0) is 12.0 Å². The second-order valence-electron chi connectivity index (χ2n) is 4.40. The lowest BCUT2D eigenvalue weighted by Gasteiger charge is -2.13. The first kappa shape index (κ1) is 13.8. The van der Waals surface area contributed by atoms with Crippen LogP contribution < -0.4 is 0 Å². The van der Waals surface area contributed by atoms with Crippen molar-refractivity contribution in [1.29, 1.82) is 0 Å². The van der Waals surface area contributed by atoms with Crippen LogP contribution >= 0.6 is 0 Å². The third-order valence-corrected chi connectivity index (χ3v) is 3.09. The summed E-state index contributed by atoms with van der Waals surface area (Å²) in [5, 5.41) is 0. The quantitative estimate of drug-likeness (QED) is 0.671. The van der Waals surface area contributed by atoms with Crippen LogP contribution in [0.5, 0.6) is 0 Å². The smallest absolute Gasteiger partial charge is 0.166 e. The number of unbranched alkanes of at least 4 members (excludes halogenated alkanes) is 1. The Morgan fingerprint density at radius 3 is 2.82 bits per heavy atom. The van der Waals surface area contributed by atoms with Gasteiger partial charge in [0, 0.05) is 12.6 Å². The minimum absolute atomic E-state index is 0.104. The van der Waals surface area contributed by atoms with Crippen LogP contribution in [-0.2, 0) is 0 Å². The van der Waals surface area contributed by atoms with Gasteiger partial charge in [0.15, 0.2) is 11.6 Å². The van der Waals surface area contributed by atoms with Gasteiger partial charge in [0.1, 0.15) is 0 Å². The summed E-state index contributed by atoms with van der Waals surface area (Å²) in [4.78, 5) is 15.6. The van der Waals surface area contributed by atoms with E-state index in [2.05, 4.69) is 18.8 Å². The molecule has 2 nitrogen and oxygen atoms in total. The lowest BCUT2D eigenvalue weighted by molar-refractivity contribution is 0.0953. The highest BCUT2D eigenvalue weighted by atomic mass is 19.1. The van der Waals surface area contributed by atoms with Gasteiger partial charge in [0.25, 0.3) is 0 Å². The molecule has 1 aromatic heterocycles. The van der Waals surface area contributed by atoms with Gasteiger partial charge in [-0.25, -0.2) is 4.39 Å². The van der Waals surface area contributed by atoms with Crippen LogP contribution in [0.4, 0.5) is 4.39 Å². The van der Waals surface area contributed by atoms with Crippen molar-refractivity contribution in [2.75, 3.05) is 0 Å². The molecule has 17 heavy (non-hydrogen) atoms. The van der Waals surface area contributed by atoms with Crippen molar-refractivity contribution < 1.29 is 9.18 Å². The highest BCUT2D eigenvalue weighted by Crippen LogP contribution is 2.20. The Morgan fingerprint density at radius 1 is 1.47 bits per heavy atom. The Bertz CT molecular complexity index is 365. The van der Waals surface area contributed by atoms with E-state index in [4.69, 9.17) is 0 Å². The molecule has 94 valence electrons. The van der Waals surface area contributed by atoms with Gasteiger partial charge in [-0.15, -0.1) is 0 Å². The Labute approximate surface area is 102 Å². The molecule has 0 radical (unpaired) electrons. The number of carbonyl (C=O) groups is 1. The summed E-state index contributed by atoms with van der Waals surface area (Å²) in [5.41, 5.74) is 0.176. The zero-order chi connectivity index (χ0) is 12.7. The summed E-state index contributed by atoms with van der Waals surface area (Å²) in [5.74, 6) is -0.245. The van der Waals surface area contributed by atoms with E-state index in [1.54, 1.807) is 0 Å². The molecule has 0 spiro atoms.